The van der Waals surface area contributed by atoms with Crippen molar-refractivity contribution < 1.29 is 9.90 Å². The zero-order valence-corrected chi connectivity index (χ0v) is 9.78. The molecule has 1 rings (SSSR count). The topological polar surface area (TPSA) is 37.3 Å². The van der Waals surface area contributed by atoms with Crippen molar-refractivity contribution in [2.24, 2.45) is 0 Å². The van der Waals surface area contributed by atoms with Gasteiger partial charge in [0, 0.05) is 10.5 Å². The Morgan fingerprint density at radius 1 is 1.36 bits per heavy atom. The van der Waals surface area contributed by atoms with Crippen LogP contribution in [0.4, 0.5) is 0 Å². The number of rotatable bonds is 2. The molecule has 0 bridgehead atoms. The highest BCUT2D eigenvalue weighted by molar-refractivity contribution is 9.10. The Kier molecular flexibility index (Phi) is 6.76. The fourth-order valence-electron chi connectivity index (χ4n) is 0.771. The molecule has 0 saturated carbocycles. The summed E-state index contributed by atoms with van der Waals surface area (Å²) in [6, 6.07) is 7.43. The molecule has 3 heteroatoms. The lowest BCUT2D eigenvalue weighted by Gasteiger charge is -1.94. The van der Waals surface area contributed by atoms with Crippen LogP contribution in [0.1, 0.15) is 19.4 Å². The van der Waals surface area contributed by atoms with Gasteiger partial charge in [0.25, 0.3) is 0 Å². The van der Waals surface area contributed by atoms with Crippen LogP contribution in [-0.4, -0.2) is 11.1 Å². The minimum Gasteiger partial charge on any atom is -0.478 e. The molecule has 1 aromatic rings. The summed E-state index contributed by atoms with van der Waals surface area (Å²) in [4.78, 5) is 10.2. The van der Waals surface area contributed by atoms with Gasteiger partial charge in [0.1, 0.15) is 0 Å². The zero-order valence-electron chi connectivity index (χ0n) is 8.20. The highest BCUT2D eigenvalue weighted by Gasteiger charge is 1.93. The first-order valence-corrected chi connectivity index (χ1v) is 5.15. The second kappa shape index (κ2) is 7.33. The van der Waals surface area contributed by atoms with Gasteiger partial charge in [-0.25, -0.2) is 4.79 Å². The van der Waals surface area contributed by atoms with Gasteiger partial charge in [-0.15, -0.1) is 0 Å². The second-order valence-electron chi connectivity index (χ2n) is 2.19. The number of hydrogen-bond donors (Lipinski definition) is 1. The number of hydrogen-bond acceptors (Lipinski definition) is 1. The lowest BCUT2D eigenvalue weighted by molar-refractivity contribution is -0.131. The molecule has 0 heterocycles. The Bertz CT molecular complexity index is 319. The van der Waals surface area contributed by atoms with Crippen LogP contribution in [0.2, 0.25) is 0 Å². The van der Waals surface area contributed by atoms with Crippen molar-refractivity contribution in [2.45, 2.75) is 13.8 Å². The van der Waals surface area contributed by atoms with E-state index in [4.69, 9.17) is 5.11 Å². The van der Waals surface area contributed by atoms with E-state index in [0.717, 1.165) is 16.1 Å². The summed E-state index contributed by atoms with van der Waals surface area (Å²) in [6.07, 6.45) is 2.66. The van der Waals surface area contributed by atoms with Crippen LogP contribution in [0.5, 0.6) is 0 Å². The molecule has 2 nitrogen and oxygen atoms in total. The van der Waals surface area contributed by atoms with Crippen LogP contribution in [0, 0.1) is 0 Å². The number of aliphatic carboxylic acids is 1. The minimum absolute atomic E-state index is 0.861. The van der Waals surface area contributed by atoms with E-state index in [1.165, 1.54) is 0 Å². The molecule has 0 aliphatic rings. The summed E-state index contributed by atoms with van der Waals surface area (Å²) >= 11 is 3.30. The quantitative estimate of drug-likeness (QED) is 0.822. The number of carboxylic acids is 1. The van der Waals surface area contributed by atoms with E-state index in [0.29, 0.717) is 0 Å². The summed E-state index contributed by atoms with van der Waals surface area (Å²) in [5.74, 6) is -0.939. The maximum atomic E-state index is 10.2. The number of halogens is 1. The average Bonchev–Trinajstić information content (AvgIpc) is 2.19. The number of benzene rings is 1. The predicted molar refractivity (Wildman–Crippen MR) is 62.2 cm³/mol. The molecule has 0 amide bonds. The van der Waals surface area contributed by atoms with Gasteiger partial charge in [0.05, 0.1) is 0 Å². The van der Waals surface area contributed by atoms with Crippen LogP contribution in [-0.2, 0) is 4.79 Å². The summed E-state index contributed by atoms with van der Waals surface area (Å²) in [7, 11) is 0. The van der Waals surface area contributed by atoms with E-state index in [1.54, 1.807) is 6.08 Å². The van der Waals surface area contributed by atoms with E-state index in [2.05, 4.69) is 15.9 Å². The second-order valence-corrected chi connectivity index (χ2v) is 3.05. The van der Waals surface area contributed by atoms with E-state index >= 15 is 0 Å². The third-order valence-electron chi connectivity index (χ3n) is 1.31. The number of carbonyl (C=O) groups is 1. The molecule has 14 heavy (non-hydrogen) atoms. The van der Waals surface area contributed by atoms with Gasteiger partial charge >= 0.3 is 5.97 Å². The normalized spacial score (nSPS) is 9.36. The molecular formula is C11H13BrO2. The molecule has 0 aliphatic heterocycles. The SMILES string of the molecule is CC.O=C(O)/C=C/c1ccccc1Br. The van der Waals surface area contributed by atoms with E-state index in [-0.39, 0.29) is 0 Å². The number of carboxylic acid groups (broad SMARTS) is 1. The average molecular weight is 257 g/mol. The van der Waals surface area contributed by atoms with Crippen molar-refractivity contribution in [1.82, 2.24) is 0 Å². The molecule has 1 N–H and O–H groups in total. The van der Waals surface area contributed by atoms with Crippen LogP contribution in [0.3, 0.4) is 0 Å². The molecule has 0 fully saturated rings. The molecule has 0 aromatic heterocycles. The molecule has 1 aromatic carbocycles. The Balaban J connectivity index is 0.000000791. The Morgan fingerprint density at radius 2 is 1.93 bits per heavy atom. The molecule has 0 spiro atoms. The standard InChI is InChI=1S/C9H7BrO2.C2H6/c10-8-4-2-1-3-7(8)5-6-9(11)12;1-2/h1-6H,(H,11,12);1-2H3/b6-5+;. The van der Waals surface area contributed by atoms with Gasteiger partial charge < -0.3 is 5.11 Å². The Morgan fingerprint density at radius 3 is 2.43 bits per heavy atom. The van der Waals surface area contributed by atoms with Crippen molar-refractivity contribution in [1.29, 1.82) is 0 Å². The maximum Gasteiger partial charge on any atom is 0.328 e. The first-order chi connectivity index (χ1) is 6.70. The fourth-order valence-corrected chi connectivity index (χ4v) is 1.19. The summed E-state index contributed by atoms with van der Waals surface area (Å²) in [5, 5.41) is 8.36. The molecule has 0 radical (unpaired) electrons. The van der Waals surface area contributed by atoms with Crippen LogP contribution >= 0.6 is 15.9 Å². The molecule has 0 unspecified atom stereocenters. The highest BCUT2D eigenvalue weighted by Crippen LogP contribution is 2.16. The van der Waals surface area contributed by atoms with Crippen LogP contribution in [0.15, 0.2) is 34.8 Å². The lowest BCUT2D eigenvalue weighted by atomic mass is 10.2. The Labute approximate surface area is 92.4 Å². The third-order valence-corrected chi connectivity index (χ3v) is 2.03. The van der Waals surface area contributed by atoms with Crippen molar-refractivity contribution in [2.75, 3.05) is 0 Å². The summed E-state index contributed by atoms with van der Waals surface area (Å²) < 4.78 is 0.891. The van der Waals surface area contributed by atoms with Gasteiger partial charge in [-0.2, -0.15) is 0 Å². The highest BCUT2D eigenvalue weighted by atomic mass is 79.9. The first kappa shape index (κ1) is 12.9. The first-order valence-electron chi connectivity index (χ1n) is 4.35. The fraction of sp³-hybridized carbons (Fsp3) is 0.182. The molecule has 76 valence electrons. The zero-order chi connectivity index (χ0) is 11.0. The van der Waals surface area contributed by atoms with Crippen molar-refractivity contribution >= 4 is 28.0 Å². The molecular weight excluding hydrogens is 244 g/mol. The van der Waals surface area contributed by atoms with Gasteiger partial charge in [-0.05, 0) is 17.7 Å². The van der Waals surface area contributed by atoms with Gasteiger partial charge in [-0.1, -0.05) is 48.0 Å². The molecule has 0 atom stereocenters. The third kappa shape index (κ3) is 4.82. The van der Waals surface area contributed by atoms with Crippen molar-refractivity contribution in [3.8, 4) is 0 Å². The monoisotopic (exact) mass is 256 g/mol. The Hall–Kier alpha value is -1.09. The largest absolute Gasteiger partial charge is 0.478 e. The van der Waals surface area contributed by atoms with Gasteiger partial charge in [-0.3, -0.25) is 0 Å². The van der Waals surface area contributed by atoms with Crippen LogP contribution < -0.4 is 0 Å². The molecule has 0 aliphatic carbocycles. The predicted octanol–water partition coefficient (Wildman–Crippen LogP) is 3.57. The summed E-state index contributed by atoms with van der Waals surface area (Å²) in [5.41, 5.74) is 0.861. The van der Waals surface area contributed by atoms with Crippen molar-refractivity contribution in [3.63, 3.8) is 0 Å². The van der Waals surface area contributed by atoms with Crippen LogP contribution in [0.25, 0.3) is 6.08 Å². The van der Waals surface area contributed by atoms with E-state index in [1.807, 2.05) is 38.1 Å². The molecule has 0 saturated heterocycles. The van der Waals surface area contributed by atoms with E-state index in [9.17, 15) is 4.79 Å². The smallest absolute Gasteiger partial charge is 0.328 e. The van der Waals surface area contributed by atoms with Gasteiger partial charge in [0.15, 0.2) is 0 Å². The summed E-state index contributed by atoms with van der Waals surface area (Å²) in [6.45, 7) is 4.00. The minimum atomic E-state index is -0.939. The van der Waals surface area contributed by atoms with E-state index < -0.39 is 5.97 Å². The van der Waals surface area contributed by atoms with Crippen molar-refractivity contribution in [3.05, 3.63) is 40.4 Å². The maximum absolute atomic E-state index is 10.2. The van der Waals surface area contributed by atoms with Gasteiger partial charge in [0.2, 0.25) is 0 Å². The lowest BCUT2D eigenvalue weighted by Crippen LogP contribution is -1.85.